The number of hydrogen-bond acceptors (Lipinski definition) is 5. The van der Waals surface area contributed by atoms with Crippen LogP contribution >= 0.6 is 11.6 Å². The van der Waals surface area contributed by atoms with Gasteiger partial charge in [-0.05, 0) is 48.2 Å². The summed E-state index contributed by atoms with van der Waals surface area (Å²) in [6.45, 7) is 7.69. The first-order valence-electron chi connectivity index (χ1n) is 9.66. The molecule has 170 valence electrons. The number of halogens is 1. The number of carbonyl (C=O) groups excluding carboxylic acids is 1. The van der Waals surface area contributed by atoms with Crippen LogP contribution in [0.5, 0.6) is 11.5 Å². The number of benzene rings is 2. The summed E-state index contributed by atoms with van der Waals surface area (Å²) in [6, 6.07) is 9.41. The highest BCUT2D eigenvalue weighted by atomic mass is 35.5. The highest BCUT2D eigenvalue weighted by Crippen LogP contribution is 2.34. The molecule has 0 aliphatic heterocycles. The van der Waals surface area contributed by atoms with Crippen LogP contribution in [0.15, 0.2) is 41.3 Å². The first-order valence-corrected chi connectivity index (χ1v) is 11.5. The number of methoxy groups -OCH3 is 2. The zero-order chi connectivity index (χ0) is 23.4. The number of amides is 1. The molecule has 0 unspecified atom stereocenters. The van der Waals surface area contributed by atoms with Crippen molar-refractivity contribution in [1.82, 2.24) is 5.32 Å². The van der Waals surface area contributed by atoms with Gasteiger partial charge < -0.3 is 14.8 Å². The fourth-order valence-electron chi connectivity index (χ4n) is 2.78. The van der Waals surface area contributed by atoms with E-state index < -0.39 is 22.5 Å². The van der Waals surface area contributed by atoms with Crippen molar-refractivity contribution in [2.75, 3.05) is 31.6 Å². The van der Waals surface area contributed by atoms with Gasteiger partial charge in [-0.3, -0.25) is 9.10 Å². The summed E-state index contributed by atoms with van der Waals surface area (Å²) in [6.07, 6.45) is 0. The van der Waals surface area contributed by atoms with Gasteiger partial charge in [-0.2, -0.15) is 0 Å². The molecule has 0 aromatic heterocycles. The van der Waals surface area contributed by atoms with Crippen molar-refractivity contribution in [3.63, 3.8) is 0 Å². The molecule has 2 aromatic carbocycles. The molecule has 2 rings (SSSR count). The molecule has 7 nitrogen and oxygen atoms in total. The molecule has 0 spiro atoms. The van der Waals surface area contributed by atoms with E-state index in [1.165, 1.54) is 26.4 Å². The van der Waals surface area contributed by atoms with E-state index in [0.717, 1.165) is 9.87 Å². The average molecular weight is 469 g/mol. The van der Waals surface area contributed by atoms with Crippen LogP contribution in [0, 0.1) is 12.3 Å². The molecule has 1 amide bonds. The smallest absolute Gasteiger partial charge is 0.268 e. The molecule has 0 radical (unpaired) electrons. The zero-order valence-corrected chi connectivity index (χ0v) is 20.2. The Kier molecular flexibility index (Phi) is 7.83. The Balaban J connectivity index is 2.55. The maximum atomic E-state index is 13.7. The van der Waals surface area contributed by atoms with Gasteiger partial charge in [0.25, 0.3) is 10.0 Å². The second kappa shape index (κ2) is 9.78. The predicted molar refractivity (Wildman–Crippen MR) is 123 cm³/mol. The fraction of sp³-hybridized carbons (Fsp3) is 0.409. The summed E-state index contributed by atoms with van der Waals surface area (Å²) in [7, 11) is -1.29. The van der Waals surface area contributed by atoms with Crippen molar-refractivity contribution in [2.45, 2.75) is 32.6 Å². The van der Waals surface area contributed by atoms with Crippen LogP contribution < -0.4 is 19.1 Å². The van der Waals surface area contributed by atoms with Crippen LogP contribution in [0.4, 0.5) is 5.69 Å². The van der Waals surface area contributed by atoms with Gasteiger partial charge in [0, 0.05) is 6.54 Å². The molecule has 0 fully saturated rings. The molecule has 31 heavy (non-hydrogen) atoms. The van der Waals surface area contributed by atoms with E-state index in [4.69, 9.17) is 21.1 Å². The number of rotatable bonds is 8. The third kappa shape index (κ3) is 6.27. The van der Waals surface area contributed by atoms with E-state index in [2.05, 4.69) is 5.32 Å². The van der Waals surface area contributed by atoms with Crippen LogP contribution in [0.2, 0.25) is 5.02 Å². The summed E-state index contributed by atoms with van der Waals surface area (Å²) >= 11 is 6.24. The lowest BCUT2D eigenvalue weighted by molar-refractivity contribution is -0.120. The maximum Gasteiger partial charge on any atom is 0.268 e. The first kappa shape index (κ1) is 24.8. The minimum absolute atomic E-state index is 0.0365. The molecule has 0 saturated carbocycles. The lowest BCUT2D eigenvalue weighted by Crippen LogP contribution is -2.43. The van der Waals surface area contributed by atoms with Gasteiger partial charge in [0.1, 0.15) is 22.9 Å². The Morgan fingerprint density at radius 1 is 1.06 bits per heavy atom. The SMILES string of the molecule is COc1ccc(N(CC(=O)NCC(C)(C)C)S(=O)(=O)c2cc(C)ccc2OC)cc1Cl. The molecule has 0 bridgehead atoms. The maximum absolute atomic E-state index is 13.7. The molecule has 0 heterocycles. The topological polar surface area (TPSA) is 84.9 Å². The fourth-order valence-corrected chi connectivity index (χ4v) is 4.69. The standard InChI is InChI=1S/C22H29ClN2O5S/c1-15-7-9-19(30-6)20(11-15)31(27,28)25(13-21(26)24-14-22(2,3)4)16-8-10-18(29-5)17(23)12-16/h7-12H,13-14H2,1-6H3,(H,24,26). The summed E-state index contributed by atoms with van der Waals surface area (Å²) in [5.74, 6) is 0.149. The van der Waals surface area contributed by atoms with Crippen LogP contribution in [0.25, 0.3) is 0 Å². The molecule has 0 aliphatic carbocycles. The highest BCUT2D eigenvalue weighted by molar-refractivity contribution is 7.93. The van der Waals surface area contributed by atoms with Crippen molar-refractivity contribution in [1.29, 1.82) is 0 Å². The minimum Gasteiger partial charge on any atom is -0.495 e. The highest BCUT2D eigenvalue weighted by Gasteiger charge is 2.31. The van der Waals surface area contributed by atoms with E-state index in [0.29, 0.717) is 12.3 Å². The van der Waals surface area contributed by atoms with Crippen molar-refractivity contribution in [2.24, 2.45) is 5.41 Å². The summed E-state index contributed by atoms with van der Waals surface area (Å²) < 4.78 is 38.8. The van der Waals surface area contributed by atoms with Gasteiger partial charge in [0.2, 0.25) is 5.91 Å². The van der Waals surface area contributed by atoms with Crippen molar-refractivity contribution < 1.29 is 22.7 Å². The normalized spacial score (nSPS) is 11.7. The van der Waals surface area contributed by atoms with Crippen LogP contribution in [0.3, 0.4) is 0 Å². The lowest BCUT2D eigenvalue weighted by Gasteiger charge is -2.26. The third-order valence-electron chi connectivity index (χ3n) is 4.41. The second-order valence-electron chi connectivity index (χ2n) is 8.32. The van der Waals surface area contributed by atoms with Gasteiger partial charge in [-0.1, -0.05) is 38.4 Å². The molecule has 9 heteroatoms. The monoisotopic (exact) mass is 468 g/mol. The molecular formula is C22H29ClN2O5S. The number of nitrogens with zero attached hydrogens (tertiary/aromatic N) is 1. The van der Waals surface area contributed by atoms with Crippen molar-refractivity contribution in [3.8, 4) is 11.5 Å². The second-order valence-corrected chi connectivity index (χ2v) is 10.6. The Morgan fingerprint density at radius 3 is 2.23 bits per heavy atom. The van der Waals surface area contributed by atoms with E-state index >= 15 is 0 Å². The number of nitrogens with one attached hydrogen (secondary N) is 1. The van der Waals surface area contributed by atoms with E-state index in [1.54, 1.807) is 31.2 Å². The zero-order valence-electron chi connectivity index (χ0n) is 18.7. The number of sulfonamides is 1. The molecular weight excluding hydrogens is 440 g/mol. The molecule has 1 N–H and O–H groups in total. The van der Waals surface area contributed by atoms with E-state index in [9.17, 15) is 13.2 Å². The van der Waals surface area contributed by atoms with Crippen molar-refractivity contribution >= 4 is 33.2 Å². The van der Waals surface area contributed by atoms with Gasteiger partial charge in [-0.25, -0.2) is 8.42 Å². The number of hydrogen-bond donors (Lipinski definition) is 1. The molecule has 0 aliphatic rings. The minimum atomic E-state index is -4.16. The summed E-state index contributed by atoms with van der Waals surface area (Å²) in [4.78, 5) is 12.6. The number of anilines is 1. The Bertz CT molecular complexity index is 1050. The number of aryl methyl sites for hydroxylation is 1. The largest absolute Gasteiger partial charge is 0.495 e. The first-order chi connectivity index (χ1) is 14.4. The predicted octanol–water partition coefficient (Wildman–Crippen LogP) is 4.02. The number of ether oxygens (including phenoxy) is 2. The summed E-state index contributed by atoms with van der Waals surface area (Å²) in [5.41, 5.74) is 0.826. The Morgan fingerprint density at radius 2 is 1.68 bits per heavy atom. The third-order valence-corrected chi connectivity index (χ3v) is 6.50. The van der Waals surface area contributed by atoms with Gasteiger partial charge in [-0.15, -0.1) is 0 Å². The van der Waals surface area contributed by atoms with Gasteiger partial charge >= 0.3 is 0 Å². The molecule has 0 saturated heterocycles. The van der Waals surface area contributed by atoms with Gasteiger partial charge in [0.15, 0.2) is 0 Å². The molecule has 2 aromatic rings. The quantitative estimate of drug-likeness (QED) is 0.632. The van der Waals surface area contributed by atoms with Crippen LogP contribution in [-0.2, 0) is 14.8 Å². The van der Waals surface area contributed by atoms with Crippen molar-refractivity contribution in [3.05, 3.63) is 47.0 Å². The summed E-state index contributed by atoms with van der Waals surface area (Å²) in [5, 5.41) is 3.02. The van der Waals surface area contributed by atoms with Crippen LogP contribution in [-0.4, -0.2) is 41.6 Å². The molecule has 0 atom stereocenters. The van der Waals surface area contributed by atoms with Gasteiger partial charge in [0.05, 0.1) is 24.9 Å². The Hall–Kier alpha value is -2.45. The average Bonchev–Trinajstić information content (AvgIpc) is 2.69. The van der Waals surface area contributed by atoms with E-state index in [-0.39, 0.29) is 26.8 Å². The Labute approximate surface area is 189 Å². The lowest BCUT2D eigenvalue weighted by atomic mass is 9.97. The van der Waals surface area contributed by atoms with E-state index in [1.807, 2.05) is 20.8 Å². The van der Waals surface area contributed by atoms with Crippen LogP contribution in [0.1, 0.15) is 26.3 Å². The number of carbonyl (C=O) groups is 1.